The number of methoxy groups -OCH3 is 2. The Morgan fingerprint density at radius 2 is 1.68 bits per heavy atom. The molecule has 0 radical (unpaired) electrons. The van der Waals surface area contributed by atoms with E-state index in [0.29, 0.717) is 17.2 Å². The van der Waals surface area contributed by atoms with Gasteiger partial charge in [-0.1, -0.05) is 42.5 Å². The number of aromatic amines is 1. The van der Waals surface area contributed by atoms with Gasteiger partial charge in [-0.25, -0.2) is 0 Å². The van der Waals surface area contributed by atoms with Crippen LogP contribution >= 0.6 is 0 Å². The van der Waals surface area contributed by atoms with Crippen LogP contribution in [0.25, 0.3) is 10.9 Å². The zero-order chi connectivity index (χ0) is 21.5. The van der Waals surface area contributed by atoms with Gasteiger partial charge in [-0.05, 0) is 42.3 Å². The topological polar surface area (TPSA) is 60.6 Å². The maximum absolute atomic E-state index is 13.2. The highest BCUT2D eigenvalue weighted by atomic mass is 16.5. The summed E-state index contributed by atoms with van der Waals surface area (Å²) in [7, 11) is 3.23. The third-order valence-corrected chi connectivity index (χ3v) is 6.07. The lowest BCUT2D eigenvalue weighted by Gasteiger charge is -2.24. The van der Waals surface area contributed by atoms with Crippen LogP contribution in [-0.2, 0) is 4.79 Å². The maximum Gasteiger partial charge on any atom is 0.319 e. The molecule has 0 saturated heterocycles. The molecule has 0 amide bonds. The monoisotopic (exact) mass is 413 g/mol. The third-order valence-electron chi connectivity index (χ3n) is 6.07. The molecule has 0 aliphatic carbocycles. The largest absolute Gasteiger partial charge is 0.493 e. The van der Waals surface area contributed by atoms with Gasteiger partial charge in [-0.2, -0.15) is 0 Å². The van der Waals surface area contributed by atoms with Gasteiger partial charge in [-0.15, -0.1) is 0 Å². The SMILES string of the molecule is COc1ccc([C@@H](c2c(C)[nH]c3ccccc23)[C@H]2C(=O)Oc3ccccc32)cc1OC. The van der Waals surface area contributed by atoms with Gasteiger partial charge >= 0.3 is 5.97 Å². The Morgan fingerprint density at radius 1 is 0.935 bits per heavy atom. The molecule has 0 unspecified atom stereocenters. The average Bonchev–Trinajstić information content (AvgIpc) is 3.30. The van der Waals surface area contributed by atoms with Crippen molar-refractivity contribution in [3.63, 3.8) is 0 Å². The van der Waals surface area contributed by atoms with E-state index in [9.17, 15) is 4.79 Å². The molecule has 1 aromatic heterocycles. The van der Waals surface area contributed by atoms with Gasteiger partial charge in [0.25, 0.3) is 0 Å². The van der Waals surface area contributed by atoms with E-state index in [1.165, 1.54) is 0 Å². The van der Waals surface area contributed by atoms with Crippen LogP contribution in [0.15, 0.2) is 66.7 Å². The van der Waals surface area contributed by atoms with Crippen LogP contribution < -0.4 is 14.2 Å². The van der Waals surface area contributed by atoms with Crippen LogP contribution in [0.1, 0.15) is 34.2 Å². The molecule has 31 heavy (non-hydrogen) atoms. The maximum atomic E-state index is 13.2. The molecule has 5 heteroatoms. The first-order valence-electron chi connectivity index (χ1n) is 10.2. The van der Waals surface area contributed by atoms with Crippen molar-refractivity contribution in [3.05, 3.63) is 89.1 Å². The molecule has 4 aromatic rings. The van der Waals surface area contributed by atoms with Gasteiger partial charge in [0.2, 0.25) is 0 Å². The van der Waals surface area contributed by atoms with Crippen molar-refractivity contribution in [1.82, 2.24) is 4.98 Å². The molecule has 3 aromatic carbocycles. The number of aryl methyl sites for hydroxylation is 1. The number of hydrogen-bond acceptors (Lipinski definition) is 4. The number of benzene rings is 3. The Labute approximate surface area is 180 Å². The second-order valence-electron chi connectivity index (χ2n) is 7.74. The van der Waals surface area contributed by atoms with Crippen LogP contribution in [0.5, 0.6) is 17.2 Å². The quantitative estimate of drug-likeness (QED) is 0.355. The molecule has 0 saturated carbocycles. The van der Waals surface area contributed by atoms with Crippen molar-refractivity contribution < 1.29 is 19.0 Å². The molecule has 156 valence electrons. The van der Waals surface area contributed by atoms with Crippen molar-refractivity contribution in [1.29, 1.82) is 0 Å². The Kier molecular flexibility index (Phi) is 4.66. The standard InChI is InChI=1S/C26H23NO4/c1-15-23(17-8-4-6-10-19(17)27-15)24(16-12-13-21(29-2)22(14-16)30-3)25-18-9-5-7-11-20(18)31-26(25)28/h4-14,24-25,27H,1-3H3/t24-,25-/m0/s1. The van der Waals surface area contributed by atoms with Crippen LogP contribution in [0.2, 0.25) is 0 Å². The number of H-pyrrole nitrogens is 1. The number of esters is 1. The summed E-state index contributed by atoms with van der Waals surface area (Å²) >= 11 is 0. The summed E-state index contributed by atoms with van der Waals surface area (Å²) in [6, 6.07) is 21.7. The van der Waals surface area contributed by atoms with E-state index in [-0.39, 0.29) is 11.9 Å². The first-order valence-corrected chi connectivity index (χ1v) is 10.2. The minimum absolute atomic E-state index is 0.245. The Hall–Kier alpha value is -3.73. The Bertz CT molecular complexity index is 1290. The van der Waals surface area contributed by atoms with Gasteiger partial charge in [0.1, 0.15) is 5.75 Å². The summed E-state index contributed by atoms with van der Waals surface area (Å²) in [5.41, 5.74) is 5.01. The lowest BCUT2D eigenvalue weighted by atomic mass is 9.76. The molecule has 2 atom stereocenters. The fourth-order valence-corrected chi connectivity index (χ4v) is 4.72. The molecule has 5 rings (SSSR count). The van der Waals surface area contributed by atoms with E-state index in [1.54, 1.807) is 14.2 Å². The van der Waals surface area contributed by atoms with Crippen LogP contribution in [0.3, 0.4) is 0 Å². The molecule has 0 fully saturated rings. The highest BCUT2D eigenvalue weighted by molar-refractivity contribution is 5.91. The van der Waals surface area contributed by atoms with Crippen molar-refractivity contribution in [2.45, 2.75) is 18.8 Å². The number of hydrogen-bond donors (Lipinski definition) is 1. The normalized spacial score (nSPS) is 16.1. The summed E-state index contributed by atoms with van der Waals surface area (Å²) in [5.74, 6) is 0.933. The number of carbonyl (C=O) groups is 1. The molecule has 1 N–H and O–H groups in total. The summed E-state index contributed by atoms with van der Waals surface area (Å²) in [6.45, 7) is 2.05. The van der Waals surface area contributed by atoms with E-state index in [0.717, 1.165) is 33.3 Å². The zero-order valence-corrected chi connectivity index (χ0v) is 17.6. The number of nitrogens with one attached hydrogen (secondary N) is 1. The predicted octanol–water partition coefficient (Wildman–Crippen LogP) is 5.33. The number of rotatable bonds is 5. The fourth-order valence-electron chi connectivity index (χ4n) is 4.72. The number of fused-ring (bicyclic) bond motifs is 2. The minimum Gasteiger partial charge on any atom is -0.493 e. The van der Waals surface area contributed by atoms with Gasteiger partial charge in [-0.3, -0.25) is 4.79 Å². The Morgan fingerprint density at radius 3 is 2.48 bits per heavy atom. The summed E-state index contributed by atoms with van der Waals surface area (Å²) in [4.78, 5) is 16.7. The van der Waals surface area contributed by atoms with Gasteiger partial charge in [0, 0.05) is 28.1 Å². The summed E-state index contributed by atoms with van der Waals surface area (Å²) < 4.78 is 16.7. The van der Waals surface area contributed by atoms with Crippen molar-refractivity contribution >= 4 is 16.9 Å². The van der Waals surface area contributed by atoms with Gasteiger partial charge in [0.05, 0.1) is 20.1 Å². The highest BCUT2D eigenvalue weighted by Gasteiger charge is 2.42. The molecule has 1 aliphatic rings. The van der Waals surface area contributed by atoms with Crippen LogP contribution in [0, 0.1) is 6.92 Å². The van der Waals surface area contributed by atoms with Crippen molar-refractivity contribution in [2.75, 3.05) is 14.2 Å². The van der Waals surface area contributed by atoms with Gasteiger partial charge < -0.3 is 19.2 Å². The number of carbonyl (C=O) groups excluding carboxylic acids is 1. The molecule has 1 aliphatic heterocycles. The second-order valence-corrected chi connectivity index (χ2v) is 7.74. The van der Waals surface area contributed by atoms with E-state index < -0.39 is 5.92 Å². The number of ether oxygens (including phenoxy) is 3. The van der Waals surface area contributed by atoms with Crippen molar-refractivity contribution in [3.8, 4) is 17.2 Å². The lowest BCUT2D eigenvalue weighted by molar-refractivity contribution is -0.134. The zero-order valence-electron chi connectivity index (χ0n) is 17.6. The van der Waals surface area contributed by atoms with Gasteiger partial charge in [0.15, 0.2) is 11.5 Å². The fraction of sp³-hybridized carbons (Fsp3) is 0.192. The Balaban J connectivity index is 1.78. The molecule has 0 bridgehead atoms. The van der Waals surface area contributed by atoms with Crippen LogP contribution in [0.4, 0.5) is 0 Å². The highest BCUT2D eigenvalue weighted by Crippen LogP contribution is 2.49. The molecular weight excluding hydrogens is 390 g/mol. The van der Waals surface area contributed by atoms with Crippen LogP contribution in [-0.4, -0.2) is 25.2 Å². The molecule has 2 heterocycles. The van der Waals surface area contributed by atoms with E-state index in [4.69, 9.17) is 14.2 Å². The molecule has 0 spiro atoms. The summed E-state index contributed by atoms with van der Waals surface area (Å²) in [5, 5.41) is 1.09. The van der Waals surface area contributed by atoms with Crippen molar-refractivity contribution in [2.24, 2.45) is 0 Å². The predicted molar refractivity (Wildman–Crippen MR) is 119 cm³/mol. The van der Waals surface area contributed by atoms with E-state index in [2.05, 4.69) is 24.0 Å². The minimum atomic E-state index is -0.466. The first-order chi connectivity index (χ1) is 15.1. The molecular formula is C26H23NO4. The second kappa shape index (κ2) is 7.51. The first kappa shape index (κ1) is 19.2. The average molecular weight is 413 g/mol. The lowest BCUT2D eigenvalue weighted by Crippen LogP contribution is -2.20. The smallest absolute Gasteiger partial charge is 0.319 e. The molecule has 5 nitrogen and oxygen atoms in total. The summed E-state index contributed by atoms with van der Waals surface area (Å²) in [6.07, 6.45) is 0. The number of aromatic nitrogens is 1. The van der Waals surface area contributed by atoms with E-state index >= 15 is 0 Å². The third kappa shape index (κ3) is 3.05. The van der Waals surface area contributed by atoms with E-state index in [1.807, 2.05) is 54.6 Å². The number of para-hydroxylation sites is 2.